The van der Waals surface area contributed by atoms with Crippen molar-refractivity contribution < 1.29 is 9.48 Å². The Hall–Kier alpha value is -2.04. The highest BCUT2D eigenvalue weighted by Crippen LogP contribution is 2.27. The summed E-state index contributed by atoms with van der Waals surface area (Å²) in [6.07, 6.45) is 2.05. The van der Waals surface area contributed by atoms with E-state index < -0.39 is 6.03 Å². The highest BCUT2D eigenvalue weighted by molar-refractivity contribution is 7.13. The van der Waals surface area contributed by atoms with Crippen molar-refractivity contribution in [3.8, 4) is 11.4 Å². The van der Waals surface area contributed by atoms with Crippen molar-refractivity contribution in [2.24, 2.45) is 11.6 Å². The molecule has 0 radical (unpaired) electrons. The van der Waals surface area contributed by atoms with Gasteiger partial charge < -0.3 is 11.1 Å². The molecule has 8 nitrogen and oxygen atoms in total. The molecular formula is C13H20N7OS2+. The SMILES string of the molecule is C=[N+](c1nc(-c2csc(CNC(N)=O)n2)cs1)N(N)CCCC. The van der Waals surface area contributed by atoms with Gasteiger partial charge in [0.15, 0.2) is 0 Å². The van der Waals surface area contributed by atoms with E-state index in [0.717, 1.165) is 29.2 Å². The van der Waals surface area contributed by atoms with Crippen molar-refractivity contribution in [1.82, 2.24) is 20.4 Å². The summed E-state index contributed by atoms with van der Waals surface area (Å²) in [7, 11) is 0. The average molecular weight is 354 g/mol. The summed E-state index contributed by atoms with van der Waals surface area (Å²) >= 11 is 2.89. The van der Waals surface area contributed by atoms with Crippen LogP contribution in [0.2, 0.25) is 0 Å². The number of aromatic nitrogens is 2. The molecule has 0 unspecified atom stereocenters. The zero-order valence-corrected chi connectivity index (χ0v) is 14.5. The minimum atomic E-state index is -0.569. The Labute approximate surface area is 142 Å². The number of hydrazone groups is 1. The number of unbranched alkanes of at least 4 members (excludes halogenated alkanes) is 1. The summed E-state index contributed by atoms with van der Waals surface area (Å²) in [5.74, 6) is 5.95. The third-order valence-electron chi connectivity index (χ3n) is 2.99. The maximum atomic E-state index is 10.7. The van der Waals surface area contributed by atoms with Crippen LogP contribution >= 0.6 is 22.7 Å². The molecule has 2 aromatic rings. The lowest BCUT2D eigenvalue weighted by Gasteiger charge is -2.14. The van der Waals surface area contributed by atoms with E-state index in [1.807, 2.05) is 10.8 Å². The second kappa shape index (κ2) is 7.99. The summed E-state index contributed by atoms with van der Waals surface area (Å²) < 4.78 is 1.59. The molecule has 0 bridgehead atoms. The fraction of sp³-hybridized carbons (Fsp3) is 0.385. The quantitative estimate of drug-likeness (QED) is 0.289. The third kappa shape index (κ3) is 4.71. The van der Waals surface area contributed by atoms with Gasteiger partial charge in [-0.15, -0.1) is 16.0 Å². The van der Waals surface area contributed by atoms with Gasteiger partial charge in [-0.25, -0.2) is 15.6 Å². The molecule has 0 aliphatic rings. The van der Waals surface area contributed by atoms with Crippen molar-refractivity contribution in [1.29, 1.82) is 0 Å². The predicted molar refractivity (Wildman–Crippen MR) is 92.5 cm³/mol. The lowest BCUT2D eigenvalue weighted by atomic mass is 10.3. The van der Waals surface area contributed by atoms with Gasteiger partial charge in [0.25, 0.3) is 0 Å². The van der Waals surface area contributed by atoms with Crippen molar-refractivity contribution in [2.75, 3.05) is 6.54 Å². The van der Waals surface area contributed by atoms with E-state index in [1.165, 1.54) is 22.7 Å². The monoisotopic (exact) mass is 354 g/mol. The number of carbonyl (C=O) groups is 1. The second-order valence-corrected chi connectivity index (χ2v) is 6.55. The molecule has 23 heavy (non-hydrogen) atoms. The number of nitrogens with one attached hydrogen (secondary N) is 1. The van der Waals surface area contributed by atoms with Crippen LogP contribution in [0.25, 0.3) is 11.4 Å². The molecule has 0 aliphatic carbocycles. The molecule has 0 saturated heterocycles. The minimum Gasteiger partial charge on any atom is -0.352 e. The van der Waals surface area contributed by atoms with E-state index >= 15 is 0 Å². The van der Waals surface area contributed by atoms with Crippen molar-refractivity contribution >= 4 is 40.6 Å². The van der Waals surface area contributed by atoms with Crippen LogP contribution in [0, 0.1) is 0 Å². The minimum absolute atomic E-state index is 0.312. The fourth-order valence-corrected chi connectivity index (χ4v) is 3.22. The van der Waals surface area contributed by atoms with Gasteiger partial charge >= 0.3 is 11.2 Å². The number of amides is 2. The highest BCUT2D eigenvalue weighted by Gasteiger charge is 2.20. The predicted octanol–water partition coefficient (Wildman–Crippen LogP) is 1.67. The summed E-state index contributed by atoms with van der Waals surface area (Å²) in [6, 6.07) is -0.569. The Morgan fingerprint density at radius 2 is 2.09 bits per heavy atom. The van der Waals surface area contributed by atoms with Crippen LogP contribution in [-0.2, 0) is 6.54 Å². The maximum absolute atomic E-state index is 10.7. The molecule has 124 valence electrons. The number of hydrogen-bond donors (Lipinski definition) is 3. The molecule has 0 atom stereocenters. The Kier molecular flexibility index (Phi) is 6.02. The first kappa shape index (κ1) is 17.3. The number of hydrazine groups is 2. The number of hydrogen-bond acceptors (Lipinski definition) is 7. The van der Waals surface area contributed by atoms with E-state index in [4.69, 9.17) is 11.6 Å². The zero-order valence-electron chi connectivity index (χ0n) is 12.9. The number of nitrogens with two attached hydrogens (primary N) is 2. The Morgan fingerprint density at radius 3 is 2.78 bits per heavy atom. The molecule has 0 spiro atoms. The molecule has 10 heteroatoms. The number of thiazole rings is 2. The lowest BCUT2D eigenvalue weighted by molar-refractivity contribution is -0.620. The molecule has 2 aromatic heterocycles. The van der Waals surface area contributed by atoms with Crippen LogP contribution in [-0.4, -0.2) is 39.1 Å². The summed E-state index contributed by atoms with van der Waals surface area (Å²) in [6.45, 7) is 7.06. The van der Waals surface area contributed by atoms with E-state index in [0.29, 0.717) is 18.2 Å². The second-order valence-electron chi connectivity index (χ2n) is 4.78. The van der Waals surface area contributed by atoms with Crippen LogP contribution in [0.5, 0.6) is 0 Å². The first-order valence-corrected chi connectivity index (χ1v) is 8.83. The van der Waals surface area contributed by atoms with Gasteiger partial charge in [-0.1, -0.05) is 13.3 Å². The van der Waals surface area contributed by atoms with E-state index in [2.05, 4.69) is 28.9 Å². The van der Waals surface area contributed by atoms with Gasteiger partial charge in [0.1, 0.15) is 10.7 Å². The molecular weight excluding hydrogens is 334 g/mol. The summed E-state index contributed by atoms with van der Waals surface area (Å²) in [4.78, 5) is 19.7. The van der Waals surface area contributed by atoms with Gasteiger partial charge in [0.2, 0.25) is 5.69 Å². The van der Waals surface area contributed by atoms with Gasteiger partial charge in [0, 0.05) is 5.38 Å². The Morgan fingerprint density at radius 1 is 1.39 bits per heavy atom. The van der Waals surface area contributed by atoms with E-state index in [-0.39, 0.29) is 0 Å². The number of nitrogens with zero attached hydrogens (tertiary/aromatic N) is 4. The van der Waals surface area contributed by atoms with Gasteiger partial charge in [0.05, 0.1) is 25.2 Å². The molecule has 2 rings (SSSR count). The first-order chi connectivity index (χ1) is 11.0. The van der Waals surface area contributed by atoms with Crippen molar-refractivity contribution in [2.45, 2.75) is 26.3 Å². The number of primary amides is 1. The molecule has 2 amide bonds. The number of rotatable bonds is 8. The third-order valence-corrected chi connectivity index (χ3v) is 4.69. The van der Waals surface area contributed by atoms with Crippen LogP contribution in [0.3, 0.4) is 0 Å². The summed E-state index contributed by atoms with van der Waals surface area (Å²) in [5, 5.41) is 9.32. The first-order valence-electron chi connectivity index (χ1n) is 7.07. The smallest absolute Gasteiger partial charge is 0.352 e. The molecule has 0 saturated carbocycles. The van der Waals surface area contributed by atoms with Crippen LogP contribution in [0.15, 0.2) is 10.8 Å². The van der Waals surface area contributed by atoms with Gasteiger partial charge in [-0.05, 0) is 22.7 Å². The maximum Gasteiger partial charge on any atom is 0.407 e. The van der Waals surface area contributed by atoms with Crippen molar-refractivity contribution in [3.05, 3.63) is 15.8 Å². The van der Waals surface area contributed by atoms with Crippen molar-refractivity contribution in [3.63, 3.8) is 0 Å². The standard InChI is InChI=1S/C13H19N7OS2/c1-3-4-5-20(15)19(2)13-18-10(8-23-13)9-7-22-11(17-9)6-16-12(14)21/h7-8H,2-6,15H2,1H3,(H2-,14,16,21)/p+1. The fourth-order valence-electron chi connectivity index (χ4n) is 1.72. The molecule has 0 fully saturated rings. The van der Waals surface area contributed by atoms with Gasteiger partial charge in [-0.2, -0.15) is 5.12 Å². The topological polar surface area (TPSA) is 113 Å². The van der Waals surface area contributed by atoms with E-state index in [1.54, 1.807) is 9.80 Å². The zero-order chi connectivity index (χ0) is 16.8. The highest BCUT2D eigenvalue weighted by atomic mass is 32.1. The molecule has 5 N–H and O–H groups in total. The number of carbonyl (C=O) groups excluding carboxylic acids is 1. The average Bonchev–Trinajstić information content (AvgIpc) is 3.18. The molecule has 0 aromatic carbocycles. The lowest BCUT2D eigenvalue weighted by Crippen LogP contribution is -2.38. The largest absolute Gasteiger partial charge is 0.407 e. The summed E-state index contributed by atoms with van der Waals surface area (Å²) in [5.41, 5.74) is 6.55. The Bertz CT molecular complexity index is 681. The van der Waals surface area contributed by atoms with Crippen LogP contribution in [0.4, 0.5) is 9.93 Å². The number of urea groups is 1. The molecule has 0 aliphatic heterocycles. The van der Waals surface area contributed by atoms with E-state index in [9.17, 15) is 4.79 Å². The molecule has 2 heterocycles. The normalized spacial score (nSPS) is 10.5. The Balaban J connectivity index is 2.04. The van der Waals surface area contributed by atoms with Crippen LogP contribution < -0.4 is 16.9 Å². The van der Waals surface area contributed by atoms with Crippen LogP contribution in [0.1, 0.15) is 24.8 Å². The van der Waals surface area contributed by atoms with Gasteiger partial charge in [-0.3, -0.25) is 0 Å².